The number of amides is 1. The van der Waals surface area contributed by atoms with Crippen molar-refractivity contribution in [2.75, 3.05) is 19.7 Å². The largest absolute Gasteiger partial charge is 0.378 e. The lowest BCUT2D eigenvalue weighted by atomic mass is 10.1. The van der Waals surface area contributed by atoms with Crippen LogP contribution in [0.2, 0.25) is 0 Å². The van der Waals surface area contributed by atoms with Crippen LogP contribution in [0.5, 0.6) is 0 Å². The molecule has 0 aliphatic carbocycles. The third-order valence-electron chi connectivity index (χ3n) is 3.15. The molecule has 0 spiro atoms. The maximum atomic E-state index is 11.5. The van der Waals surface area contributed by atoms with E-state index in [1.165, 1.54) is 12.8 Å². The van der Waals surface area contributed by atoms with Gasteiger partial charge < -0.3 is 15.4 Å². The molecular weight excluding hydrogens is 192 g/mol. The number of hydrogen-bond acceptors (Lipinski definition) is 3. The molecule has 2 rings (SSSR count). The van der Waals surface area contributed by atoms with E-state index in [0.717, 1.165) is 32.5 Å². The normalized spacial score (nSPS) is 30.7. The van der Waals surface area contributed by atoms with Gasteiger partial charge in [0.2, 0.25) is 5.91 Å². The summed E-state index contributed by atoms with van der Waals surface area (Å²) in [5.41, 5.74) is 0. The van der Waals surface area contributed by atoms with Crippen molar-refractivity contribution in [1.29, 1.82) is 0 Å². The summed E-state index contributed by atoms with van der Waals surface area (Å²) in [6, 6.07) is 0.485. The maximum absolute atomic E-state index is 11.5. The summed E-state index contributed by atoms with van der Waals surface area (Å²) in [5.74, 6) is 0.135. The first-order chi connectivity index (χ1) is 7.34. The van der Waals surface area contributed by atoms with Gasteiger partial charge in [0.05, 0.1) is 12.5 Å². The molecule has 0 aromatic carbocycles. The van der Waals surface area contributed by atoms with Crippen LogP contribution in [-0.2, 0) is 9.53 Å². The van der Waals surface area contributed by atoms with Gasteiger partial charge in [-0.3, -0.25) is 4.79 Å². The average molecular weight is 212 g/mol. The molecule has 0 aromatic rings. The summed E-state index contributed by atoms with van der Waals surface area (Å²) >= 11 is 0. The molecule has 1 amide bonds. The van der Waals surface area contributed by atoms with Gasteiger partial charge in [0.15, 0.2) is 0 Å². The van der Waals surface area contributed by atoms with E-state index in [9.17, 15) is 4.79 Å². The topological polar surface area (TPSA) is 50.4 Å². The van der Waals surface area contributed by atoms with E-state index >= 15 is 0 Å². The van der Waals surface area contributed by atoms with E-state index in [1.54, 1.807) is 0 Å². The van der Waals surface area contributed by atoms with Gasteiger partial charge in [-0.1, -0.05) is 0 Å². The Hall–Kier alpha value is -0.610. The van der Waals surface area contributed by atoms with Crippen LogP contribution in [0, 0.1) is 0 Å². The molecule has 4 heteroatoms. The van der Waals surface area contributed by atoms with Gasteiger partial charge in [0, 0.05) is 19.2 Å². The molecule has 15 heavy (non-hydrogen) atoms. The second-order valence-corrected chi connectivity index (χ2v) is 4.44. The SMILES string of the molecule is O=C(CC1CCCO1)NCC1CCCN1. The van der Waals surface area contributed by atoms with Crippen LogP contribution in [0.15, 0.2) is 0 Å². The Bertz CT molecular complexity index is 209. The zero-order chi connectivity index (χ0) is 10.5. The van der Waals surface area contributed by atoms with Gasteiger partial charge in [-0.25, -0.2) is 0 Å². The number of ether oxygens (including phenoxy) is 1. The Kier molecular flexibility index (Phi) is 3.97. The van der Waals surface area contributed by atoms with Crippen molar-refractivity contribution in [1.82, 2.24) is 10.6 Å². The van der Waals surface area contributed by atoms with Crippen LogP contribution in [0.1, 0.15) is 32.1 Å². The van der Waals surface area contributed by atoms with E-state index in [0.29, 0.717) is 12.5 Å². The van der Waals surface area contributed by atoms with Crippen LogP contribution >= 0.6 is 0 Å². The standard InChI is InChI=1S/C11H20N2O2/c14-11(7-10-4-2-6-15-10)13-8-9-3-1-5-12-9/h9-10,12H,1-8H2,(H,13,14). The van der Waals surface area contributed by atoms with Crippen molar-refractivity contribution >= 4 is 5.91 Å². The molecule has 86 valence electrons. The number of hydrogen-bond donors (Lipinski definition) is 2. The Balaban J connectivity index is 1.59. The minimum absolute atomic E-state index is 0.135. The van der Waals surface area contributed by atoms with Gasteiger partial charge in [-0.2, -0.15) is 0 Å². The highest BCUT2D eigenvalue weighted by atomic mass is 16.5. The smallest absolute Gasteiger partial charge is 0.222 e. The summed E-state index contributed by atoms with van der Waals surface area (Å²) < 4.78 is 5.42. The fourth-order valence-electron chi connectivity index (χ4n) is 2.25. The first kappa shape index (κ1) is 10.9. The molecule has 0 saturated carbocycles. The van der Waals surface area contributed by atoms with Gasteiger partial charge in [0.25, 0.3) is 0 Å². The number of rotatable bonds is 4. The molecule has 0 aromatic heterocycles. The lowest BCUT2D eigenvalue weighted by molar-refractivity contribution is -0.123. The van der Waals surface area contributed by atoms with Crippen LogP contribution in [0.3, 0.4) is 0 Å². The third-order valence-corrected chi connectivity index (χ3v) is 3.15. The van der Waals surface area contributed by atoms with Crippen LogP contribution in [-0.4, -0.2) is 37.7 Å². The Morgan fingerprint density at radius 2 is 2.33 bits per heavy atom. The second-order valence-electron chi connectivity index (χ2n) is 4.44. The van der Waals surface area contributed by atoms with Gasteiger partial charge in [0.1, 0.15) is 0 Å². The minimum Gasteiger partial charge on any atom is -0.378 e. The van der Waals surface area contributed by atoms with E-state index in [-0.39, 0.29) is 12.0 Å². The fraction of sp³-hybridized carbons (Fsp3) is 0.909. The second kappa shape index (κ2) is 5.47. The molecule has 0 bridgehead atoms. The summed E-state index contributed by atoms with van der Waals surface area (Å²) in [7, 11) is 0. The molecule has 4 nitrogen and oxygen atoms in total. The molecule has 2 N–H and O–H groups in total. The summed E-state index contributed by atoms with van der Waals surface area (Å²) in [4.78, 5) is 11.5. The van der Waals surface area contributed by atoms with E-state index in [1.807, 2.05) is 0 Å². The van der Waals surface area contributed by atoms with Crippen LogP contribution in [0.25, 0.3) is 0 Å². The molecule has 2 aliphatic rings. The first-order valence-electron chi connectivity index (χ1n) is 5.96. The zero-order valence-electron chi connectivity index (χ0n) is 9.13. The van der Waals surface area contributed by atoms with E-state index in [2.05, 4.69) is 10.6 Å². The van der Waals surface area contributed by atoms with Crippen molar-refractivity contribution in [2.45, 2.75) is 44.2 Å². The maximum Gasteiger partial charge on any atom is 0.222 e. The summed E-state index contributed by atoms with van der Waals surface area (Å²) in [6.07, 6.45) is 5.25. The molecule has 2 atom stereocenters. The highest BCUT2D eigenvalue weighted by Gasteiger charge is 2.20. The molecule has 2 fully saturated rings. The zero-order valence-corrected chi connectivity index (χ0v) is 9.13. The molecule has 2 saturated heterocycles. The number of carbonyl (C=O) groups excluding carboxylic acids is 1. The molecule has 2 heterocycles. The van der Waals surface area contributed by atoms with Crippen molar-refractivity contribution < 1.29 is 9.53 Å². The first-order valence-corrected chi connectivity index (χ1v) is 5.96. The lowest BCUT2D eigenvalue weighted by Gasteiger charge is -2.13. The highest BCUT2D eigenvalue weighted by Crippen LogP contribution is 2.14. The van der Waals surface area contributed by atoms with Crippen molar-refractivity contribution in [3.8, 4) is 0 Å². The summed E-state index contributed by atoms with van der Waals surface area (Å²) in [6.45, 7) is 2.68. The van der Waals surface area contributed by atoms with Crippen LogP contribution < -0.4 is 10.6 Å². The fourth-order valence-corrected chi connectivity index (χ4v) is 2.25. The van der Waals surface area contributed by atoms with Gasteiger partial charge in [-0.05, 0) is 32.2 Å². The minimum atomic E-state index is 0.135. The van der Waals surface area contributed by atoms with Gasteiger partial charge >= 0.3 is 0 Å². The quantitative estimate of drug-likeness (QED) is 0.710. The van der Waals surface area contributed by atoms with Crippen molar-refractivity contribution in [2.24, 2.45) is 0 Å². The Labute approximate surface area is 90.8 Å². The average Bonchev–Trinajstić information content (AvgIpc) is 2.86. The summed E-state index contributed by atoms with van der Waals surface area (Å²) in [5, 5.41) is 6.33. The number of carbonyl (C=O) groups is 1. The highest BCUT2D eigenvalue weighted by molar-refractivity contribution is 5.76. The predicted octanol–water partition coefficient (Wildman–Crippen LogP) is 0.424. The third kappa shape index (κ3) is 3.47. The van der Waals surface area contributed by atoms with E-state index < -0.39 is 0 Å². The molecule has 2 aliphatic heterocycles. The lowest BCUT2D eigenvalue weighted by Crippen LogP contribution is -2.38. The number of nitrogens with one attached hydrogen (secondary N) is 2. The molecule has 2 unspecified atom stereocenters. The molecular formula is C11H20N2O2. The monoisotopic (exact) mass is 212 g/mol. The molecule has 0 radical (unpaired) electrons. The van der Waals surface area contributed by atoms with Crippen molar-refractivity contribution in [3.05, 3.63) is 0 Å². The van der Waals surface area contributed by atoms with Crippen LogP contribution in [0.4, 0.5) is 0 Å². The van der Waals surface area contributed by atoms with Crippen molar-refractivity contribution in [3.63, 3.8) is 0 Å². The van der Waals surface area contributed by atoms with E-state index in [4.69, 9.17) is 4.74 Å². The predicted molar refractivity (Wildman–Crippen MR) is 57.6 cm³/mol. The Morgan fingerprint density at radius 1 is 1.40 bits per heavy atom. The van der Waals surface area contributed by atoms with Gasteiger partial charge in [-0.15, -0.1) is 0 Å². The Morgan fingerprint density at radius 3 is 3.00 bits per heavy atom.